The summed E-state index contributed by atoms with van der Waals surface area (Å²) in [6.07, 6.45) is 3.13. The van der Waals surface area contributed by atoms with Gasteiger partial charge in [-0.15, -0.1) is 0 Å². The van der Waals surface area contributed by atoms with Crippen molar-refractivity contribution in [3.05, 3.63) is 35.9 Å². The van der Waals surface area contributed by atoms with Crippen molar-refractivity contribution in [2.24, 2.45) is 5.92 Å². The number of rotatable bonds is 8. The molecule has 0 aliphatic heterocycles. The zero-order chi connectivity index (χ0) is 15.8. The third-order valence-electron chi connectivity index (χ3n) is 4.01. The van der Waals surface area contributed by atoms with Crippen molar-refractivity contribution >= 4 is 11.8 Å². The molecular formula is C17H24N2O3. The topological polar surface area (TPSA) is 78.4 Å². The molecule has 5 nitrogen and oxygen atoms in total. The van der Waals surface area contributed by atoms with Crippen LogP contribution in [0, 0.1) is 5.92 Å². The van der Waals surface area contributed by atoms with Crippen molar-refractivity contribution < 1.29 is 14.7 Å². The first-order valence-electron chi connectivity index (χ1n) is 7.94. The number of carbonyl (C=O) groups excluding carboxylic acids is 2. The first kappa shape index (κ1) is 16.5. The largest absolute Gasteiger partial charge is 0.388 e. The molecule has 0 saturated heterocycles. The Labute approximate surface area is 131 Å². The lowest BCUT2D eigenvalue weighted by molar-refractivity contribution is -0.127. The fourth-order valence-electron chi connectivity index (χ4n) is 2.38. The van der Waals surface area contributed by atoms with E-state index in [1.54, 1.807) is 12.1 Å². The summed E-state index contributed by atoms with van der Waals surface area (Å²) in [7, 11) is 0. The zero-order valence-corrected chi connectivity index (χ0v) is 12.8. The second-order valence-electron chi connectivity index (χ2n) is 5.75. The summed E-state index contributed by atoms with van der Waals surface area (Å²) in [6.45, 7) is 1.09. The minimum atomic E-state index is -0.778. The molecule has 1 aliphatic carbocycles. The van der Waals surface area contributed by atoms with Crippen LogP contribution < -0.4 is 10.6 Å². The zero-order valence-electron chi connectivity index (χ0n) is 12.8. The molecule has 0 aromatic heterocycles. The van der Waals surface area contributed by atoms with Gasteiger partial charge in [0, 0.05) is 19.0 Å². The Bertz CT molecular complexity index is 486. The van der Waals surface area contributed by atoms with Gasteiger partial charge in [0.1, 0.15) is 0 Å². The molecule has 5 heteroatoms. The van der Waals surface area contributed by atoms with E-state index >= 15 is 0 Å². The number of amides is 2. The van der Waals surface area contributed by atoms with Crippen molar-refractivity contribution in [2.75, 3.05) is 13.1 Å². The minimum Gasteiger partial charge on any atom is -0.388 e. The van der Waals surface area contributed by atoms with Crippen LogP contribution in [0.25, 0.3) is 0 Å². The number of aliphatic hydroxyl groups is 1. The molecule has 1 aromatic carbocycles. The van der Waals surface area contributed by atoms with Gasteiger partial charge in [-0.1, -0.05) is 36.8 Å². The third-order valence-corrected chi connectivity index (χ3v) is 4.01. The molecule has 1 aromatic rings. The molecule has 1 saturated carbocycles. The highest BCUT2D eigenvalue weighted by molar-refractivity contribution is 5.79. The number of nitrogens with one attached hydrogen (secondary N) is 2. The number of benzene rings is 1. The molecule has 22 heavy (non-hydrogen) atoms. The average molecular weight is 304 g/mol. The van der Waals surface area contributed by atoms with Gasteiger partial charge in [0.2, 0.25) is 11.8 Å². The lowest BCUT2D eigenvalue weighted by Gasteiger charge is -2.24. The van der Waals surface area contributed by atoms with Crippen LogP contribution in [-0.2, 0) is 9.59 Å². The van der Waals surface area contributed by atoms with Crippen LogP contribution in [0.1, 0.15) is 43.8 Å². The molecule has 0 spiro atoms. The van der Waals surface area contributed by atoms with E-state index in [0.29, 0.717) is 19.5 Å². The molecule has 2 rings (SSSR count). The van der Waals surface area contributed by atoms with Crippen molar-refractivity contribution in [3.63, 3.8) is 0 Å². The van der Waals surface area contributed by atoms with Crippen LogP contribution in [0.3, 0.4) is 0 Å². The van der Waals surface area contributed by atoms with Gasteiger partial charge in [0.05, 0.1) is 12.5 Å². The molecule has 120 valence electrons. The second kappa shape index (κ2) is 8.54. The van der Waals surface area contributed by atoms with Crippen molar-refractivity contribution in [3.8, 4) is 0 Å². The Morgan fingerprint density at radius 1 is 1.14 bits per heavy atom. The predicted molar refractivity (Wildman–Crippen MR) is 84.0 cm³/mol. The fraction of sp³-hybridized carbons (Fsp3) is 0.529. The molecule has 0 heterocycles. The Balaban J connectivity index is 1.55. The van der Waals surface area contributed by atoms with Crippen molar-refractivity contribution in [2.45, 2.75) is 38.2 Å². The van der Waals surface area contributed by atoms with E-state index in [4.69, 9.17) is 0 Å². The minimum absolute atomic E-state index is 0.0540. The lowest BCUT2D eigenvalue weighted by Crippen LogP contribution is -2.36. The highest BCUT2D eigenvalue weighted by atomic mass is 16.3. The maximum Gasteiger partial charge on any atom is 0.223 e. The van der Waals surface area contributed by atoms with E-state index < -0.39 is 6.10 Å². The van der Waals surface area contributed by atoms with E-state index in [0.717, 1.165) is 24.8 Å². The summed E-state index contributed by atoms with van der Waals surface area (Å²) in [4.78, 5) is 23.3. The van der Waals surface area contributed by atoms with Gasteiger partial charge in [-0.25, -0.2) is 0 Å². The number of hydrogen-bond donors (Lipinski definition) is 3. The summed E-state index contributed by atoms with van der Waals surface area (Å²) < 4.78 is 0. The van der Waals surface area contributed by atoms with Crippen molar-refractivity contribution in [1.82, 2.24) is 10.6 Å². The Morgan fingerprint density at radius 3 is 2.45 bits per heavy atom. The van der Waals surface area contributed by atoms with Crippen LogP contribution in [0.15, 0.2) is 30.3 Å². The van der Waals surface area contributed by atoms with E-state index in [-0.39, 0.29) is 24.2 Å². The molecular weight excluding hydrogens is 280 g/mol. The Morgan fingerprint density at radius 2 is 1.82 bits per heavy atom. The summed E-state index contributed by atoms with van der Waals surface area (Å²) in [6, 6.07) is 9.14. The Kier molecular flexibility index (Phi) is 6.40. The quantitative estimate of drug-likeness (QED) is 0.637. The number of carbonyl (C=O) groups is 2. The second-order valence-corrected chi connectivity index (χ2v) is 5.75. The highest BCUT2D eigenvalue weighted by Crippen LogP contribution is 2.26. The third kappa shape index (κ3) is 5.15. The van der Waals surface area contributed by atoms with E-state index in [1.807, 2.05) is 18.2 Å². The first-order chi connectivity index (χ1) is 10.7. The van der Waals surface area contributed by atoms with Crippen LogP contribution in [0.2, 0.25) is 0 Å². The van der Waals surface area contributed by atoms with E-state index in [2.05, 4.69) is 10.6 Å². The van der Waals surface area contributed by atoms with Crippen LogP contribution in [-0.4, -0.2) is 30.0 Å². The van der Waals surface area contributed by atoms with Gasteiger partial charge in [-0.3, -0.25) is 9.59 Å². The summed E-state index contributed by atoms with van der Waals surface area (Å²) in [5.41, 5.74) is 0.741. The Hall–Kier alpha value is -1.88. The summed E-state index contributed by atoms with van der Waals surface area (Å²) in [5, 5.41) is 15.6. The first-order valence-corrected chi connectivity index (χ1v) is 7.94. The molecule has 3 N–H and O–H groups in total. The van der Waals surface area contributed by atoms with Crippen LogP contribution in [0.5, 0.6) is 0 Å². The van der Waals surface area contributed by atoms with Gasteiger partial charge in [0.25, 0.3) is 0 Å². The standard InChI is InChI=1S/C17H24N2O3/c20-15(13-6-2-1-3-7-13)12-16(21)18-10-5-11-19-17(22)14-8-4-9-14/h1-3,6-7,14-15,20H,4-5,8-12H2,(H,18,21)(H,19,22). The molecule has 2 amide bonds. The molecule has 1 atom stereocenters. The van der Waals surface area contributed by atoms with Crippen LogP contribution >= 0.6 is 0 Å². The maximum atomic E-state index is 11.7. The van der Waals surface area contributed by atoms with Gasteiger partial charge in [-0.2, -0.15) is 0 Å². The van der Waals surface area contributed by atoms with Gasteiger partial charge >= 0.3 is 0 Å². The highest BCUT2D eigenvalue weighted by Gasteiger charge is 2.24. The lowest BCUT2D eigenvalue weighted by atomic mass is 9.85. The predicted octanol–water partition coefficient (Wildman–Crippen LogP) is 1.53. The average Bonchev–Trinajstić information content (AvgIpc) is 2.46. The molecule has 0 bridgehead atoms. The number of aliphatic hydroxyl groups excluding tert-OH is 1. The molecule has 0 radical (unpaired) electrons. The summed E-state index contributed by atoms with van der Waals surface area (Å²) in [5.74, 6) is 0.161. The van der Waals surface area contributed by atoms with Gasteiger partial charge in [0.15, 0.2) is 0 Å². The smallest absolute Gasteiger partial charge is 0.223 e. The van der Waals surface area contributed by atoms with E-state index in [1.165, 1.54) is 0 Å². The molecule has 1 unspecified atom stereocenters. The van der Waals surface area contributed by atoms with Crippen LogP contribution in [0.4, 0.5) is 0 Å². The van der Waals surface area contributed by atoms with Gasteiger partial charge in [-0.05, 0) is 24.8 Å². The SMILES string of the molecule is O=C(CC(O)c1ccccc1)NCCCNC(=O)C1CCC1. The summed E-state index contributed by atoms with van der Waals surface area (Å²) >= 11 is 0. The normalized spacial score (nSPS) is 15.7. The van der Waals surface area contributed by atoms with Gasteiger partial charge < -0.3 is 15.7 Å². The maximum absolute atomic E-state index is 11.7. The molecule has 1 aliphatic rings. The monoisotopic (exact) mass is 304 g/mol. The van der Waals surface area contributed by atoms with Crippen molar-refractivity contribution in [1.29, 1.82) is 0 Å². The van der Waals surface area contributed by atoms with E-state index in [9.17, 15) is 14.7 Å². The fourth-order valence-corrected chi connectivity index (χ4v) is 2.38. The molecule has 1 fully saturated rings. The number of hydrogen-bond acceptors (Lipinski definition) is 3.